The highest BCUT2D eigenvalue weighted by atomic mass is 16.7. The van der Waals surface area contributed by atoms with Gasteiger partial charge in [0.2, 0.25) is 0 Å². The molecule has 0 radical (unpaired) electrons. The second-order valence-electron chi connectivity index (χ2n) is 8.50. The molecule has 0 saturated carbocycles. The normalized spacial score (nSPS) is 24.3. The number of hydrogen-bond donors (Lipinski definition) is 2. The van der Waals surface area contributed by atoms with Crippen molar-refractivity contribution in [3.05, 3.63) is 29.8 Å². The Labute approximate surface area is 185 Å². The zero-order valence-corrected chi connectivity index (χ0v) is 18.5. The molecule has 1 aromatic carbocycles. The maximum Gasteiger partial charge on any atom is 0.320 e. The Morgan fingerprint density at radius 1 is 1.23 bits per heavy atom. The highest BCUT2D eigenvalue weighted by molar-refractivity contribution is 5.82. The number of nitrogens with zero attached hydrogens (tertiary/aromatic N) is 2. The van der Waals surface area contributed by atoms with Crippen LogP contribution < -0.4 is 0 Å². The Bertz CT molecular complexity index is 726. The lowest BCUT2D eigenvalue weighted by Gasteiger charge is -2.40. The number of benzene rings is 1. The van der Waals surface area contributed by atoms with Crippen LogP contribution in [0, 0.1) is 0 Å². The molecule has 0 bridgehead atoms. The van der Waals surface area contributed by atoms with E-state index in [1.165, 1.54) is 25.7 Å². The fourth-order valence-corrected chi connectivity index (χ4v) is 4.38. The molecule has 1 fully saturated rings. The summed E-state index contributed by atoms with van der Waals surface area (Å²) in [5, 5.41) is 19.6. The fourth-order valence-electron chi connectivity index (χ4n) is 4.38. The van der Waals surface area contributed by atoms with Crippen LogP contribution in [0.3, 0.4) is 0 Å². The fraction of sp³-hybridized carbons (Fsp3) is 0.667. The number of fused-ring (bicyclic) bond motifs is 1. The van der Waals surface area contributed by atoms with E-state index in [4.69, 9.17) is 9.47 Å². The summed E-state index contributed by atoms with van der Waals surface area (Å²) < 4.78 is 11.7. The van der Waals surface area contributed by atoms with Gasteiger partial charge in [-0.1, -0.05) is 57.2 Å². The second kappa shape index (κ2) is 12.3. The smallest absolute Gasteiger partial charge is 0.320 e. The topological polar surface area (TPSA) is 91.6 Å². The summed E-state index contributed by atoms with van der Waals surface area (Å²) >= 11 is 0. The summed E-state index contributed by atoms with van der Waals surface area (Å²) in [5.74, 6) is -0.902. The van der Waals surface area contributed by atoms with Crippen molar-refractivity contribution in [3.63, 3.8) is 0 Å². The van der Waals surface area contributed by atoms with E-state index in [1.807, 2.05) is 35.4 Å². The summed E-state index contributed by atoms with van der Waals surface area (Å²) in [6.45, 7) is 3.39. The van der Waals surface area contributed by atoms with Crippen molar-refractivity contribution in [2.24, 2.45) is 4.99 Å². The number of hydrogen-bond acceptors (Lipinski definition) is 6. The predicted molar refractivity (Wildman–Crippen MR) is 120 cm³/mol. The van der Waals surface area contributed by atoms with Crippen molar-refractivity contribution in [1.29, 1.82) is 0 Å². The zero-order valence-electron chi connectivity index (χ0n) is 18.5. The molecule has 0 aromatic heterocycles. The van der Waals surface area contributed by atoms with Crippen LogP contribution in [0.25, 0.3) is 0 Å². The van der Waals surface area contributed by atoms with Crippen molar-refractivity contribution in [2.45, 2.75) is 76.2 Å². The number of carbonyl (C=O) groups is 1. The van der Waals surface area contributed by atoms with Crippen molar-refractivity contribution in [3.8, 4) is 0 Å². The molecule has 0 spiro atoms. The van der Waals surface area contributed by atoms with Crippen LogP contribution >= 0.6 is 0 Å². The van der Waals surface area contributed by atoms with Crippen molar-refractivity contribution < 1.29 is 24.5 Å². The maximum absolute atomic E-state index is 12.2. The molecule has 2 heterocycles. The van der Waals surface area contributed by atoms with Crippen LogP contribution in [-0.2, 0) is 14.3 Å². The first-order valence-electron chi connectivity index (χ1n) is 11.6. The lowest BCUT2D eigenvalue weighted by molar-refractivity contribution is -0.223. The van der Waals surface area contributed by atoms with E-state index in [0.29, 0.717) is 26.1 Å². The average molecular weight is 433 g/mol. The average Bonchev–Trinajstić information content (AvgIpc) is 3.19. The molecule has 3 rings (SSSR count). The molecule has 2 N–H and O–H groups in total. The van der Waals surface area contributed by atoms with Gasteiger partial charge in [0, 0.05) is 25.3 Å². The van der Waals surface area contributed by atoms with E-state index < -0.39 is 24.4 Å². The predicted octanol–water partition coefficient (Wildman–Crippen LogP) is 3.73. The van der Waals surface area contributed by atoms with Gasteiger partial charge in [0.05, 0.1) is 24.9 Å². The molecular formula is C24H36N2O5. The Kier molecular flexibility index (Phi) is 9.46. The number of aliphatic carboxylic acids is 1. The van der Waals surface area contributed by atoms with Gasteiger partial charge in [-0.15, -0.1) is 0 Å². The summed E-state index contributed by atoms with van der Waals surface area (Å²) in [7, 11) is 0. The monoisotopic (exact) mass is 432 g/mol. The van der Waals surface area contributed by atoms with E-state index in [1.54, 1.807) is 0 Å². The standard InChI is InChI=1S/C24H36N2O5/c1-2-3-4-5-6-9-12-30-23-16-26(15-19(17-27)31-23)22(24(28)29)13-18-14-25-21-11-8-7-10-20(18)21/h7-8,10-11,14,18-19,22-23,27H,2-6,9,12-13,15-17H2,1H3,(H,28,29)/t18?,19-,22-,23+/m0/s1. The van der Waals surface area contributed by atoms with E-state index in [9.17, 15) is 15.0 Å². The van der Waals surface area contributed by atoms with Gasteiger partial charge < -0.3 is 19.7 Å². The lowest BCUT2D eigenvalue weighted by Crippen LogP contribution is -2.55. The Morgan fingerprint density at radius 2 is 2.00 bits per heavy atom. The molecule has 4 atom stereocenters. The molecule has 7 nitrogen and oxygen atoms in total. The lowest BCUT2D eigenvalue weighted by atomic mass is 9.93. The Morgan fingerprint density at radius 3 is 2.77 bits per heavy atom. The number of carboxylic acids is 1. The maximum atomic E-state index is 12.2. The first kappa shape index (κ1) is 23.9. The number of carboxylic acid groups (broad SMARTS) is 1. The number of aliphatic imine (C=N–C) groups is 1. The third-order valence-electron chi connectivity index (χ3n) is 6.10. The molecule has 0 amide bonds. The molecular weight excluding hydrogens is 396 g/mol. The van der Waals surface area contributed by atoms with Crippen molar-refractivity contribution >= 4 is 17.9 Å². The Balaban J connectivity index is 1.55. The van der Waals surface area contributed by atoms with Crippen LogP contribution in [0.1, 0.15) is 63.4 Å². The summed E-state index contributed by atoms with van der Waals surface area (Å²) in [4.78, 5) is 18.5. The first-order chi connectivity index (χ1) is 15.1. The summed E-state index contributed by atoms with van der Waals surface area (Å²) in [6, 6.07) is 7.16. The van der Waals surface area contributed by atoms with Gasteiger partial charge >= 0.3 is 5.97 Å². The van der Waals surface area contributed by atoms with Gasteiger partial charge in [0.1, 0.15) is 6.04 Å². The van der Waals surface area contributed by atoms with Crippen LogP contribution in [0.15, 0.2) is 29.3 Å². The van der Waals surface area contributed by atoms with E-state index in [0.717, 1.165) is 24.1 Å². The number of rotatable bonds is 13. The number of para-hydroxylation sites is 1. The third kappa shape index (κ3) is 6.84. The summed E-state index contributed by atoms with van der Waals surface area (Å²) in [5.41, 5.74) is 1.98. The van der Waals surface area contributed by atoms with Crippen LogP contribution in [0.5, 0.6) is 0 Å². The molecule has 2 aliphatic heterocycles. The Hall–Kier alpha value is -1.80. The van der Waals surface area contributed by atoms with Gasteiger partial charge in [0.25, 0.3) is 0 Å². The van der Waals surface area contributed by atoms with E-state index >= 15 is 0 Å². The summed E-state index contributed by atoms with van der Waals surface area (Å²) in [6.07, 6.45) is 8.35. The third-order valence-corrected chi connectivity index (χ3v) is 6.10. The number of morpholine rings is 1. The van der Waals surface area contributed by atoms with Crippen LogP contribution in [-0.4, -0.2) is 72.0 Å². The molecule has 1 aromatic rings. The molecule has 172 valence electrons. The molecule has 2 aliphatic rings. The number of aliphatic hydroxyl groups excluding tert-OH is 1. The minimum atomic E-state index is -0.869. The van der Waals surface area contributed by atoms with Gasteiger partial charge in [-0.2, -0.15) is 0 Å². The molecule has 7 heteroatoms. The van der Waals surface area contributed by atoms with Crippen LogP contribution in [0.2, 0.25) is 0 Å². The largest absolute Gasteiger partial charge is 0.480 e. The van der Waals surface area contributed by atoms with E-state index in [-0.39, 0.29) is 12.5 Å². The van der Waals surface area contributed by atoms with Crippen molar-refractivity contribution in [2.75, 3.05) is 26.3 Å². The van der Waals surface area contributed by atoms with Crippen molar-refractivity contribution in [1.82, 2.24) is 4.90 Å². The molecule has 31 heavy (non-hydrogen) atoms. The highest BCUT2D eigenvalue weighted by Gasteiger charge is 2.37. The minimum absolute atomic E-state index is 0.0322. The number of unbranched alkanes of at least 4 members (excludes halogenated alkanes) is 5. The number of ether oxygens (including phenoxy) is 2. The highest BCUT2D eigenvalue weighted by Crippen LogP contribution is 2.35. The second-order valence-corrected chi connectivity index (χ2v) is 8.50. The quantitative estimate of drug-likeness (QED) is 0.462. The number of aliphatic hydroxyl groups is 1. The van der Waals surface area contributed by atoms with Gasteiger partial charge in [-0.25, -0.2) is 0 Å². The molecule has 1 unspecified atom stereocenters. The minimum Gasteiger partial charge on any atom is -0.480 e. The van der Waals surface area contributed by atoms with Gasteiger partial charge in [-0.05, 0) is 24.5 Å². The van der Waals surface area contributed by atoms with E-state index in [2.05, 4.69) is 11.9 Å². The first-order valence-corrected chi connectivity index (χ1v) is 11.6. The zero-order chi connectivity index (χ0) is 22.1. The van der Waals surface area contributed by atoms with Gasteiger partial charge in [-0.3, -0.25) is 14.7 Å². The molecule has 1 saturated heterocycles. The SMILES string of the molecule is CCCCCCCCO[C@H]1CN([C@@H](CC2C=Nc3ccccc32)C(=O)O)C[C@@H](CO)O1. The molecule has 0 aliphatic carbocycles. The van der Waals surface area contributed by atoms with Crippen LogP contribution in [0.4, 0.5) is 5.69 Å². The van der Waals surface area contributed by atoms with Gasteiger partial charge in [0.15, 0.2) is 6.29 Å².